The third kappa shape index (κ3) is 1.98. The molecule has 1 unspecified atom stereocenters. The van der Waals surface area contributed by atoms with Gasteiger partial charge in [-0.15, -0.1) is 0 Å². The summed E-state index contributed by atoms with van der Waals surface area (Å²) in [7, 11) is 0. The number of aliphatic hydroxyl groups excluding tert-OH is 1. The maximum absolute atomic E-state index is 8.91. The minimum Gasteiger partial charge on any atom is -0.511 e. The summed E-state index contributed by atoms with van der Waals surface area (Å²) in [6, 6.07) is 0.128. The Morgan fingerprint density at radius 1 is 1.90 bits per heavy atom. The van der Waals surface area contributed by atoms with E-state index in [-0.39, 0.29) is 12.8 Å². The molecule has 0 aliphatic carbocycles. The van der Waals surface area contributed by atoms with Gasteiger partial charge in [0.05, 0.1) is 25.9 Å². The molecule has 4 nitrogen and oxygen atoms in total. The number of hydrogen-bond donors (Lipinski definition) is 3. The second-order valence-corrected chi connectivity index (χ2v) is 2.18. The fraction of sp³-hybridized carbons (Fsp3) is 0.667. The summed E-state index contributed by atoms with van der Waals surface area (Å²) in [5.74, 6) is 0.380. The Morgan fingerprint density at radius 3 is 3.20 bits per heavy atom. The second kappa shape index (κ2) is 3.55. The van der Waals surface area contributed by atoms with Crippen molar-refractivity contribution in [3.63, 3.8) is 0 Å². The van der Waals surface area contributed by atoms with Gasteiger partial charge in [-0.2, -0.15) is 0 Å². The molecule has 4 N–H and O–H groups in total. The summed E-state index contributed by atoms with van der Waals surface area (Å²) in [5.41, 5.74) is 5.11. The van der Waals surface area contributed by atoms with E-state index >= 15 is 0 Å². The van der Waals surface area contributed by atoms with Crippen molar-refractivity contribution in [2.75, 3.05) is 19.9 Å². The summed E-state index contributed by atoms with van der Waals surface area (Å²) in [6.07, 6.45) is 1.73. The minimum absolute atomic E-state index is 0.128. The van der Waals surface area contributed by atoms with Crippen molar-refractivity contribution in [2.24, 2.45) is 5.73 Å². The summed E-state index contributed by atoms with van der Waals surface area (Å²) in [6.45, 7) is 1.30. The topological polar surface area (TPSA) is 67.5 Å². The van der Waals surface area contributed by atoms with Gasteiger partial charge in [-0.3, -0.25) is 0 Å². The molecule has 1 heterocycles. The first kappa shape index (κ1) is 7.53. The molecule has 0 aromatic heterocycles. The highest BCUT2D eigenvalue weighted by Crippen LogP contribution is 2.01. The van der Waals surface area contributed by atoms with Crippen LogP contribution in [-0.2, 0) is 4.74 Å². The standard InChI is InChI=1S/C6H12N2O2/c7-4-10-3-5-1-6(9)2-8-5/h1,5,8-9H,2-4,7H2. The summed E-state index contributed by atoms with van der Waals surface area (Å²) in [5, 5.41) is 11.9. The average molecular weight is 144 g/mol. The van der Waals surface area contributed by atoms with E-state index in [2.05, 4.69) is 5.32 Å². The zero-order valence-corrected chi connectivity index (χ0v) is 5.71. The molecule has 0 aromatic carbocycles. The van der Waals surface area contributed by atoms with Crippen molar-refractivity contribution in [1.29, 1.82) is 0 Å². The minimum atomic E-state index is 0.128. The van der Waals surface area contributed by atoms with Crippen molar-refractivity contribution in [3.05, 3.63) is 11.8 Å². The van der Waals surface area contributed by atoms with E-state index in [1.807, 2.05) is 0 Å². The molecule has 0 radical (unpaired) electrons. The predicted molar refractivity (Wildman–Crippen MR) is 37.5 cm³/mol. The summed E-state index contributed by atoms with van der Waals surface area (Å²) in [4.78, 5) is 0. The number of nitrogens with one attached hydrogen (secondary N) is 1. The Kier molecular flexibility index (Phi) is 2.68. The van der Waals surface area contributed by atoms with E-state index in [0.717, 1.165) is 0 Å². The fourth-order valence-electron chi connectivity index (χ4n) is 0.888. The van der Waals surface area contributed by atoms with Gasteiger partial charge >= 0.3 is 0 Å². The third-order valence-corrected chi connectivity index (χ3v) is 1.35. The number of aliphatic hydroxyl groups is 1. The van der Waals surface area contributed by atoms with E-state index in [9.17, 15) is 0 Å². The van der Waals surface area contributed by atoms with Crippen molar-refractivity contribution in [1.82, 2.24) is 5.32 Å². The van der Waals surface area contributed by atoms with Crippen molar-refractivity contribution >= 4 is 0 Å². The van der Waals surface area contributed by atoms with Crippen molar-refractivity contribution in [3.8, 4) is 0 Å². The van der Waals surface area contributed by atoms with Gasteiger partial charge in [0.1, 0.15) is 5.76 Å². The van der Waals surface area contributed by atoms with Gasteiger partial charge in [0.2, 0.25) is 0 Å². The van der Waals surface area contributed by atoms with Crippen molar-refractivity contribution < 1.29 is 9.84 Å². The fourth-order valence-corrected chi connectivity index (χ4v) is 0.888. The molecule has 0 spiro atoms. The lowest BCUT2D eigenvalue weighted by molar-refractivity contribution is 0.130. The van der Waals surface area contributed by atoms with Crippen LogP contribution in [0.15, 0.2) is 11.8 Å². The van der Waals surface area contributed by atoms with Crippen LogP contribution >= 0.6 is 0 Å². The molecule has 0 aromatic rings. The molecule has 0 amide bonds. The zero-order chi connectivity index (χ0) is 7.40. The zero-order valence-electron chi connectivity index (χ0n) is 5.71. The van der Waals surface area contributed by atoms with Crippen LogP contribution in [0.1, 0.15) is 0 Å². The number of ether oxygens (including phenoxy) is 1. The third-order valence-electron chi connectivity index (χ3n) is 1.35. The highest BCUT2D eigenvalue weighted by Gasteiger charge is 2.12. The summed E-state index contributed by atoms with van der Waals surface area (Å²) >= 11 is 0. The van der Waals surface area contributed by atoms with Crippen LogP contribution in [0.2, 0.25) is 0 Å². The molecular formula is C6H12N2O2. The Labute approximate surface area is 59.7 Å². The van der Waals surface area contributed by atoms with Crippen LogP contribution in [0, 0.1) is 0 Å². The molecular weight excluding hydrogens is 132 g/mol. The van der Waals surface area contributed by atoms with E-state index in [1.165, 1.54) is 0 Å². The molecule has 0 fully saturated rings. The lowest BCUT2D eigenvalue weighted by Gasteiger charge is -2.06. The van der Waals surface area contributed by atoms with E-state index < -0.39 is 0 Å². The number of rotatable bonds is 3. The van der Waals surface area contributed by atoms with Gasteiger partial charge in [0, 0.05) is 0 Å². The first-order valence-electron chi connectivity index (χ1n) is 3.24. The van der Waals surface area contributed by atoms with E-state index in [1.54, 1.807) is 6.08 Å². The van der Waals surface area contributed by atoms with Crippen molar-refractivity contribution in [2.45, 2.75) is 6.04 Å². The lowest BCUT2D eigenvalue weighted by atomic mass is 10.3. The number of hydrogen-bond acceptors (Lipinski definition) is 4. The highest BCUT2D eigenvalue weighted by molar-refractivity contribution is 5.07. The van der Waals surface area contributed by atoms with E-state index in [4.69, 9.17) is 15.6 Å². The smallest absolute Gasteiger partial charge is 0.104 e. The van der Waals surface area contributed by atoms with Crippen LogP contribution in [0.4, 0.5) is 0 Å². The Bertz CT molecular complexity index is 136. The molecule has 0 saturated heterocycles. The maximum Gasteiger partial charge on any atom is 0.104 e. The molecule has 58 valence electrons. The molecule has 0 bridgehead atoms. The molecule has 1 aliphatic rings. The number of nitrogens with two attached hydrogens (primary N) is 1. The molecule has 1 aliphatic heterocycles. The van der Waals surface area contributed by atoms with Gasteiger partial charge in [-0.25, -0.2) is 0 Å². The average Bonchev–Trinajstić information content (AvgIpc) is 2.31. The molecule has 10 heavy (non-hydrogen) atoms. The van der Waals surface area contributed by atoms with E-state index in [0.29, 0.717) is 18.9 Å². The van der Waals surface area contributed by atoms with Gasteiger partial charge < -0.3 is 20.9 Å². The molecule has 1 atom stereocenters. The van der Waals surface area contributed by atoms with Crippen LogP contribution in [0.5, 0.6) is 0 Å². The maximum atomic E-state index is 8.91. The normalized spacial score (nSPS) is 24.9. The largest absolute Gasteiger partial charge is 0.511 e. The second-order valence-electron chi connectivity index (χ2n) is 2.18. The Hall–Kier alpha value is -0.580. The van der Waals surface area contributed by atoms with Crippen LogP contribution in [0.25, 0.3) is 0 Å². The molecule has 4 heteroatoms. The van der Waals surface area contributed by atoms with Crippen LogP contribution in [-0.4, -0.2) is 31.0 Å². The van der Waals surface area contributed by atoms with Gasteiger partial charge in [-0.05, 0) is 6.08 Å². The summed E-state index contributed by atoms with van der Waals surface area (Å²) < 4.78 is 4.93. The quantitative estimate of drug-likeness (QED) is 0.460. The first-order valence-corrected chi connectivity index (χ1v) is 3.24. The van der Waals surface area contributed by atoms with Crippen LogP contribution < -0.4 is 11.1 Å². The Morgan fingerprint density at radius 2 is 2.70 bits per heavy atom. The van der Waals surface area contributed by atoms with Gasteiger partial charge in [-0.1, -0.05) is 0 Å². The Balaban J connectivity index is 2.18. The molecule has 1 rings (SSSR count). The lowest BCUT2D eigenvalue weighted by Crippen LogP contribution is -2.28. The van der Waals surface area contributed by atoms with Gasteiger partial charge in [0.25, 0.3) is 0 Å². The molecule has 0 saturated carbocycles. The van der Waals surface area contributed by atoms with Crippen LogP contribution in [0.3, 0.4) is 0 Å². The van der Waals surface area contributed by atoms with Gasteiger partial charge in [0.15, 0.2) is 0 Å². The first-order chi connectivity index (χ1) is 4.83. The monoisotopic (exact) mass is 144 g/mol. The SMILES string of the molecule is NCOCC1C=C(O)CN1. The highest BCUT2D eigenvalue weighted by atomic mass is 16.5. The predicted octanol–water partition coefficient (Wildman–Crippen LogP) is -0.667.